The SMILES string of the molecule is O=C(O)c1cc2c([nH]c1=O)OCc1ccccc1-2. The van der Waals surface area contributed by atoms with E-state index in [0.29, 0.717) is 18.1 Å². The molecule has 0 aliphatic carbocycles. The molecule has 2 aromatic rings. The van der Waals surface area contributed by atoms with Crippen molar-refractivity contribution < 1.29 is 14.6 Å². The highest BCUT2D eigenvalue weighted by atomic mass is 16.5. The second-order valence-corrected chi connectivity index (χ2v) is 4.01. The molecule has 90 valence electrons. The Morgan fingerprint density at radius 1 is 1.28 bits per heavy atom. The molecule has 0 radical (unpaired) electrons. The summed E-state index contributed by atoms with van der Waals surface area (Å²) < 4.78 is 5.42. The lowest BCUT2D eigenvalue weighted by molar-refractivity contribution is 0.0695. The molecule has 5 heteroatoms. The van der Waals surface area contributed by atoms with E-state index in [1.165, 1.54) is 6.07 Å². The van der Waals surface area contributed by atoms with Crippen molar-refractivity contribution in [3.05, 3.63) is 51.8 Å². The molecular weight excluding hydrogens is 234 g/mol. The molecule has 1 aliphatic rings. The molecule has 0 atom stereocenters. The lowest BCUT2D eigenvalue weighted by Gasteiger charge is -2.20. The van der Waals surface area contributed by atoms with Crippen LogP contribution in [0, 0.1) is 0 Å². The molecule has 0 unspecified atom stereocenters. The topological polar surface area (TPSA) is 79.4 Å². The molecule has 0 bridgehead atoms. The number of nitrogens with one attached hydrogen (secondary N) is 1. The number of carboxylic acids is 1. The fourth-order valence-electron chi connectivity index (χ4n) is 2.04. The zero-order valence-corrected chi connectivity index (χ0v) is 9.27. The first-order valence-corrected chi connectivity index (χ1v) is 5.38. The van der Waals surface area contributed by atoms with E-state index in [4.69, 9.17) is 9.84 Å². The summed E-state index contributed by atoms with van der Waals surface area (Å²) in [6.45, 7) is 0.367. The van der Waals surface area contributed by atoms with Gasteiger partial charge in [0.25, 0.3) is 5.56 Å². The normalized spacial score (nSPS) is 12.2. The minimum atomic E-state index is -1.25. The number of hydrogen-bond donors (Lipinski definition) is 2. The van der Waals surface area contributed by atoms with Crippen LogP contribution in [0.1, 0.15) is 15.9 Å². The average Bonchev–Trinajstić information content (AvgIpc) is 2.37. The molecule has 0 saturated heterocycles. The van der Waals surface area contributed by atoms with Crippen molar-refractivity contribution in [1.29, 1.82) is 0 Å². The molecule has 5 nitrogen and oxygen atoms in total. The van der Waals surface area contributed by atoms with Crippen LogP contribution < -0.4 is 10.3 Å². The number of H-pyrrole nitrogens is 1. The van der Waals surface area contributed by atoms with E-state index in [2.05, 4.69) is 4.98 Å². The van der Waals surface area contributed by atoms with Crippen LogP contribution in [-0.2, 0) is 6.61 Å². The van der Waals surface area contributed by atoms with Crippen LogP contribution in [0.3, 0.4) is 0 Å². The van der Waals surface area contributed by atoms with Gasteiger partial charge in [0.15, 0.2) is 0 Å². The number of aromatic carboxylic acids is 1. The van der Waals surface area contributed by atoms with Gasteiger partial charge in [-0.05, 0) is 17.2 Å². The molecular formula is C13H9NO4. The van der Waals surface area contributed by atoms with Gasteiger partial charge in [-0.25, -0.2) is 4.79 Å². The smallest absolute Gasteiger partial charge is 0.341 e. The predicted octanol–water partition coefficient (Wildman–Crippen LogP) is 1.63. The number of aromatic amines is 1. The number of carboxylic acid groups (broad SMARTS) is 1. The number of carbonyl (C=O) groups is 1. The van der Waals surface area contributed by atoms with Gasteiger partial charge in [0.1, 0.15) is 12.2 Å². The van der Waals surface area contributed by atoms with Gasteiger partial charge < -0.3 is 9.84 Å². The van der Waals surface area contributed by atoms with E-state index in [1.807, 2.05) is 24.3 Å². The van der Waals surface area contributed by atoms with Crippen LogP contribution in [0.25, 0.3) is 11.1 Å². The van der Waals surface area contributed by atoms with Gasteiger partial charge in [-0.15, -0.1) is 0 Å². The quantitative estimate of drug-likeness (QED) is 0.797. The van der Waals surface area contributed by atoms with E-state index in [1.54, 1.807) is 0 Å². The minimum absolute atomic E-state index is 0.283. The summed E-state index contributed by atoms with van der Waals surface area (Å²) in [5.41, 5.74) is 1.52. The number of pyridine rings is 1. The maximum absolute atomic E-state index is 11.5. The molecule has 3 rings (SSSR count). The van der Waals surface area contributed by atoms with Gasteiger partial charge in [0.2, 0.25) is 5.88 Å². The molecule has 0 fully saturated rings. The number of ether oxygens (including phenoxy) is 1. The monoisotopic (exact) mass is 243 g/mol. The van der Waals surface area contributed by atoms with Gasteiger partial charge in [0, 0.05) is 5.56 Å². The molecule has 0 amide bonds. The highest BCUT2D eigenvalue weighted by molar-refractivity contribution is 5.90. The standard InChI is InChI=1S/C13H9NO4/c15-11-10(13(16)17)5-9-8-4-2-1-3-7(8)6-18-12(9)14-11/h1-5H,6H2,(H,14,15)(H,16,17). The maximum atomic E-state index is 11.5. The summed E-state index contributed by atoms with van der Waals surface area (Å²) in [6, 6.07) is 8.88. The number of hydrogen-bond acceptors (Lipinski definition) is 3. The van der Waals surface area contributed by atoms with Crippen molar-refractivity contribution in [2.75, 3.05) is 0 Å². The number of fused-ring (bicyclic) bond motifs is 3. The number of benzene rings is 1. The molecule has 18 heavy (non-hydrogen) atoms. The summed E-state index contributed by atoms with van der Waals surface area (Å²) in [6.07, 6.45) is 0. The highest BCUT2D eigenvalue weighted by Crippen LogP contribution is 2.35. The summed E-state index contributed by atoms with van der Waals surface area (Å²) >= 11 is 0. The van der Waals surface area contributed by atoms with Gasteiger partial charge in [-0.3, -0.25) is 9.78 Å². The lowest BCUT2D eigenvalue weighted by Crippen LogP contribution is -2.20. The van der Waals surface area contributed by atoms with E-state index in [-0.39, 0.29) is 5.56 Å². The first kappa shape index (κ1) is 10.6. The highest BCUT2D eigenvalue weighted by Gasteiger charge is 2.21. The molecule has 1 aliphatic heterocycles. The van der Waals surface area contributed by atoms with Crippen LogP contribution >= 0.6 is 0 Å². The fraction of sp³-hybridized carbons (Fsp3) is 0.0769. The Morgan fingerprint density at radius 3 is 2.83 bits per heavy atom. The first-order chi connectivity index (χ1) is 8.66. The molecule has 0 spiro atoms. The van der Waals surface area contributed by atoms with Crippen molar-refractivity contribution in [1.82, 2.24) is 4.98 Å². The van der Waals surface area contributed by atoms with Crippen LogP contribution in [0.4, 0.5) is 0 Å². The van der Waals surface area contributed by atoms with Gasteiger partial charge in [-0.1, -0.05) is 24.3 Å². The van der Waals surface area contributed by atoms with Crippen LogP contribution in [0.2, 0.25) is 0 Å². The van der Waals surface area contributed by atoms with E-state index in [0.717, 1.165) is 11.1 Å². The third kappa shape index (κ3) is 1.48. The largest absolute Gasteiger partial charge is 0.477 e. The molecule has 2 N–H and O–H groups in total. The lowest BCUT2D eigenvalue weighted by atomic mass is 9.98. The Bertz CT molecular complexity index is 702. The zero-order valence-electron chi connectivity index (χ0n) is 9.27. The first-order valence-electron chi connectivity index (χ1n) is 5.38. The van der Waals surface area contributed by atoms with Crippen molar-refractivity contribution in [2.24, 2.45) is 0 Å². The van der Waals surface area contributed by atoms with Crippen LogP contribution in [-0.4, -0.2) is 16.1 Å². The molecule has 1 aromatic heterocycles. The van der Waals surface area contributed by atoms with Gasteiger partial charge in [0.05, 0.1) is 0 Å². The van der Waals surface area contributed by atoms with Crippen LogP contribution in [0.5, 0.6) is 5.88 Å². The Balaban J connectivity index is 2.30. The van der Waals surface area contributed by atoms with Crippen LogP contribution in [0.15, 0.2) is 35.1 Å². The van der Waals surface area contributed by atoms with Crippen molar-refractivity contribution >= 4 is 5.97 Å². The Hall–Kier alpha value is -2.56. The van der Waals surface area contributed by atoms with Crippen molar-refractivity contribution in [2.45, 2.75) is 6.61 Å². The predicted molar refractivity (Wildman–Crippen MR) is 63.8 cm³/mol. The molecule has 0 saturated carbocycles. The average molecular weight is 243 g/mol. The van der Waals surface area contributed by atoms with Gasteiger partial charge >= 0.3 is 5.97 Å². The van der Waals surface area contributed by atoms with Gasteiger partial charge in [-0.2, -0.15) is 0 Å². The zero-order chi connectivity index (χ0) is 12.7. The number of aromatic nitrogens is 1. The van der Waals surface area contributed by atoms with E-state index >= 15 is 0 Å². The second-order valence-electron chi connectivity index (χ2n) is 4.01. The summed E-state index contributed by atoms with van der Waals surface area (Å²) in [5.74, 6) is -0.925. The Kier molecular flexibility index (Phi) is 2.19. The number of rotatable bonds is 1. The maximum Gasteiger partial charge on any atom is 0.341 e. The van der Waals surface area contributed by atoms with Crippen molar-refractivity contribution in [3.63, 3.8) is 0 Å². The molecule has 1 aromatic carbocycles. The summed E-state index contributed by atoms with van der Waals surface area (Å²) in [5, 5.41) is 8.95. The second kappa shape index (κ2) is 3.73. The molecule has 2 heterocycles. The Morgan fingerprint density at radius 2 is 2.06 bits per heavy atom. The van der Waals surface area contributed by atoms with E-state index < -0.39 is 11.5 Å². The fourth-order valence-corrected chi connectivity index (χ4v) is 2.04. The third-order valence-corrected chi connectivity index (χ3v) is 2.91. The Labute approximate surface area is 102 Å². The summed E-state index contributed by atoms with van der Waals surface area (Å²) in [4.78, 5) is 24.9. The van der Waals surface area contributed by atoms with Crippen molar-refractivity contribution in [3.8, 4) is 17.0 Å². The van der Waals surface area contributed by atoms with E-state index in [9.17, 15) is 9.59 Å². The minimum Gasteiger partial charge on any atom is -0.477 e. The third-order valence-electron chi connectivity index (χ3n) is 2.91. The summed E-state index contributed by atoms with van der Waals surface area (Å²) in [7, 11) is 0.